The third-order valence-electron chi connectivity index (χ3n) is 2.45. The van der Waals surface area contributed by atoms with Crippen LogP contribution in [0.4, 0.5) is 0 Å². The first-order valence-corrected chi connectivity index (χ1v) is 5.38. The molecule has 0 saturated heterocycles. The lowest BCUT2D eigenvalue weighted by Crippen LogP contribution is -2.39. The van der Waals surface area contributed by atoms with Crippen molar-refractivity contribution >= 4 is 0 Å². The fraction of sp³-hybridized carbons (Fsp3) is 0.583. The number of pyridine rings is 1. The highest BCUT2D eigenvalue weighted by atomic mass is 16.7. The third-order valence-corrected chi connectivity index (χ3v) is 2.45. The molecule has 90 valence electrons. The lowest BCUT2D eigenvalue weighted by atomic mass is 10.2. The molecule has 0 aliphatic heterocycles. The van der Waals surface area contributed by atoms with Gasteiger partial charge in [-0.15, -0.1) is 0 Å². The number of ether oxygens (including phenoxy) is 2. The molecule has 1 aromatic heterocycles. The second-order valence-corrected chi connectivity index (χ2v) is 3.84. The minimum Gasteiger partial charge on any atom is -0.354 e. The van der Waals surface area contributed by atoms with Crippen molar-refractivity contribution in [2.45, 2.75) is 32.7 Å². The molecule has 1 heterocycles. The first-order chi connectivity index (χ1) is 7.67. The second-order valence-electron chi connectivity index (χ2n) is 3.84. The molecule has 0 fully saturated rings. The fourth-order valence-corrected chi connectivity index (χ4v) is 1.47. The highest BCUT2D eigenvalue weighted by Crippen LogP contribution is 2.02. The van der Waals surface area contributed by atoms with Crippen LogP contribution in [0.2, 0.25) is 0 Å². The summed E-state index contributed by atoms with van der Waals surface area (Å²) >= 11 is 0. The van der Waals surface area contributed by atoms with Crippen molar-refractivity contribution in [2.75, 3.05) is 14.2 Å². The molecular formula is C12H20N2O2. The first kappa shape index (κ1) is 13.1. The molecule has 0 aromatic carbocycles. The van der Waals surface area contributed by atoms with Gasteiger partial charge in [-0.3, -0.25) is 4.98 Å². The summed E-state index contributed by atoms with van der Waals surface area (Å²) in [4.78, 5) is 4.32. The summed E-state index contributed by atoms with van der Waals surface area (Å²) in [6.07, 6.45) is 1.64. The molecule has 0 amide bonds. The Bertz CT molecular complexity index is 296. The zero-order valence-electron chi connectivity index (χ0n) is 10.4. The van der Waals surface area contributed by atoms with Crippen LogP contribution >= 0.6 is 0 Å². The van der Waals surface area contributed by atoms with E-state index in [1.807, 2.05) is 26.1 Å². The van der Waals surface area contributed by atoms with Gasteiger partial charge in [-0.1, -0.05) is 6.07 Å². The number of methoxy groups -OCH3 is 2. The van der Waals surface area contributed by atoms with Gasteiger partial charge in [0.05, 0.1) is 11.7 Å². The number of aryl methyl sites for hydroxylation is 1. The van der Waals surface area contributed by atoms with Crippen molar-refractivity contribution in [3.8, 4) is 0 Å². The molecule has 0 aliphatic carbocycles. The molecule has 1 rings (SSSR count). The van der Waals surface area contributed by atoms with E-state index in [-0.39, 0.29) is 12.3 Å². The Kier molecular flexibility index (Phi) is 5.38. The molecule has 16 heavy (non-hydrogen) atoms. The summed E-state index contributed by atoms with van der Waals surface area (Å²) < 4.78 is 10.3. The van der Waals surface area contributed by atoms with Crippen molar-refractivity contribution in [3.05, 3.63) is 29.6 Å². The van der Waals surface area contributed by atoms with Crippen LogP contribution in [-0.4, -0.2) is 31.5 Å². The molecule has 1 aromatic rings. The van der Waals surface area contributed by atoms with Crippen molar-refractivity contribution in [3.63, 3.8) is 0 Å². The maximum Gasteiger partial charge on any atom is 0.171 e. The predicted octanol–water partition coefficient (Wildman–Crippen LogP) is 1.49. The molecule has 0 bridgehead atoms. The van der Waals surface area contributed by atoms with Crippen molar-refractivity contribution < 1.29 is 9.47 Å². The fourth-order valence-electron chi connectivity index (χ4n) is 1.47. The van der Waals surface area contributed by atoms with Crippen molar-refractivity contribution in [1.82, 2.24) is 10.3 Å². The number of hydrogen-bond acceptors (Lipinski definition) is 4. The third kappa shape index (κ3) is 3.89. The van der Waals surface area contributed by atoms with Gasteiger partial charge < -0.3 is 14.8 Å². The van der Waals surface area contributed by atoms with Crippen molar-refractivity contribution in [1.29, 1.82) is 0 Å². The van der Waals surface area contributed by atoms with Gasteiger partial charge in [0.1, 0.15) is 0 Å². The second kappa shape index (κ2) is 6.58. The molecule has 0 spiro atoms. The Balaban J connectivity index is 2.42. The Morgan fingerprint density at radius 2 is 2.00 bits per heavy atom. The van der Waals surface area contributed by atoms with Crippen molar-refractivity contribution in [2.24, 2.45) is 0 Å². The predicted molar refractivity (Wildman–Crippen MR) is 63.1 cm³/mol. The summed E-state index contributed by atoms with van der Waals surface area (Å²) in [5.74, 6) is 0. The van der Waals surface area contributed by atoms with Crippen LogP contribution in [-0.2, 0) is 16.0 Å². The van der Waals surface area contributed by atoms with E-state index >= 15 is 0 Å². The Morgan fingerprint density at radius 1 is 1.31 bits per heavy atom. The van der Waals surface area contributed by atoms with Gasteiger partial charge in [0.2, 0.25) is 0 Å². The quantitative estimate of drug-likeness (QED) is 0.743. The minimum absolute atomic E-state index is 0.123. The Morgan fingerprint density at radius 3 is 2.50 bits per heavy atom. The molecule has 0 saturated carbocycles. The summed E-state index contributed by atoms with van der Waals surface area (Å²) in [5, 5.41) is 3.31. The molecule has 1 atom stereocenters. The molecule has 4 heteroatoms. The van der Waals surface area contributed by atoms with Gasteiger partial charge in [0, 0.05) is 27.0 Å². The lowest BCUT2D eigenvalue weighted by molar-refractivity contribution is -0.119. The van der Waals surface area contributed by atoms with Crippen LogP contribution in [0, 0.1) is 6.92 Å². The van der Waals surface area contributed by atoms with E-state index in [1.54, 1.807) is 14.2 Å². The molecule has 1 N–H and O–H groups in total. The number of aromatic nitrogens is 1. The molecular weight excluding hydrogens is 204 g/mol. The van der Waals surface area contributed by atoms with E-state index in [0.717, 1.165) is 5.69 Å². The lowest BCUT2D eigenvalue weighted by Gasteiger charge is -2.21. The van der Waals surface area contributed by atoms with Gasteiger partial charge in [0.15, 0.2) is 6.29 Å². The van der Waals surface area contributed by atoms with Crippen LogP contribution in [0.5, 0.6) is 0 Å². The standard InChI is InChI=1S/C12H20N2O2/c1-9-5-6-11(14-7-9)8-13-10(2)12(15-3)16-4/h5-7,10,12-13H,8H2,1-4H3. The largest absolute Gasteiger partial charge is 0.354 e. The van der Waals surface area contributed by atoms with E-state index in [9.17, 15) is 0 Å². The number of nitrogens with one attached hydrogen (secondary N) is 1. The minimum atomic E-state index is -0.231. The zero-order chi connectivity index (χ0) is 12.0. The zero-order valence-corrected chi connectivity index (χ0v) is 10.4. The van der Waals surface area contributed by atoms with E-state index in [0.29, 0.717) is 6.54 Å². The average Bonchev–Trinajstić information content (AvgIpc) is 2.30. The molecule has 0 radical (unpaired) electrons. The maximum absolute atomic E-state index is 5.16. The Labute approximate surface area is 97.0 Å². The summed E-state index contributed by atoms with van der Waals surface area (Å²) in [5.41, 5.74) is 2.19. The van der Waals surface area contributed by atoms with Gasteiger partial charge in [-0.2, -0.15) is 0 Å². The summed E-state index contributed by atoms with van der Waals surface area (Å²) in [6, 6.07) is 4.20. The van der Waals surface area contributed by atoms with Gasteiger partial charge in [0.25, 0.3) is 0 Å². The Hall–Kier alpha value is -0.970. The van der Waals surface area contributed by atoms with Crippen LogP contribution in [0.25, 0.3) is 0 Å². The number of rotatable bonds is 6. The SMILES string of the molecule is COC(OC)C(C)NCc1ccc(C)cn1. The maximum atomic E-state index is 5.16. The smallest absolute Gasteiger partial charge is 0.171 e. The topological polar surface area (TPSA) is 43.4 Å². The molecule has 4 nitrogen and oxygen atoms in total. The average molecular weight is 224 g/mol. The van der Waals surface area contributed by atoms with Crippen LogP contribution in [0.15, 0.2) is 18.3 Å². The number of hydrogen-bond donors (Lipinski definition) is 1. The van der Waals surface area contributed by atoms with E-state index in [2.05, 4.69) is 16.4 Å². The van der Waals surface area contributed by atoms with E-state index < -0.39 is 0 Å². The molecule has 0 aliphatic rings. The highest BCUT2D eigenvalue weighted by molar-refractivity contribution is 5.11. The van der Waals surface area contributed by atoms with Gasteiger partial charge in [-0.25, -0.2) is 0 Å². The highest BCUT2D eigenvalue weighted by Gasteiger charge is 2.14. The summed E-state index contributed by atoms with van der Waals surface area (Å²) in [6.45, 7) is 4.76. The van der Waals surface area contributed by atoms with Gasteiger partial charge in [-0.05, 0) is 25.5 Å². The van der Waals surface area contributed by atoms with E-state index in [4.69, 9.17) is 9.47 Å². The van der Waals surface area contributed by atoms with Crippen LogP contribution in [0.3, 0.4) is 0 Å². The first-order valence-electron chi connectivity index (χ1n) is 5.38. The van der Waals surface area contributed by atoms with Crippen LogP contribution < -0.4 is 5.32 Å². The van der Waals surface area contributed by atoms with Gasteiger partial charge >= 0.3 is 0 Å². The molecule has 1 unspecified atom stereocenters. The monoisotopic (exact) mass is 224 g/mol. The summed E-state index contributed by atoms with van der Waals surface area (Å²) in [7, 11) is 3.27. The number of nitrogens with zero attached hydrogens (tertiary/aromatic N) is 1. The normalized spacial score (nSPS) is 13.1. The van der Waals surface area contributed by atoms with E-state index in [1.165, 1.54) is 5.56 Å². The van der Waals surface area contributed by atoms with Crippen LogP contribution in [0.1, 0.15) is 18.2 Å².